The van der Waals surface area contributed by atoms with Crippen LogP contribution in [0.5, 0.6) is 0 Å². The number of hydrogen-bond acceptors (Lipinski definition) is 3. The van der Waals surface area contributed by atoms with E-state index in [1.807, 2.05) is 19.9 Å². The molecule has 1 N–H and O–H groups in total. The summed E-state index contributed by atoms with van der Waals surface area (Å²) >= 11 is 5.89. The van der Waals surface area contributed by atoms with Crippen molar-refractivity contribution in [1.29, 1.82) is 0 Å². The van der Waals surface area contributed by atoms with Gasteiger partial charge in [0.1, 0.15) is 17.4 Å². The lowest BCUT2D eigenvalue weighted by molar-refractivity contribution is -0.0312. The molecule has 1 aromatic carbocycles. The summed E-state index contributed by atoms with van der Waals surface area (Å²) in [6.07, 6.45) is -1.06. The first-order chi connectivity index (χ1) is 8.11. The Morgan fingerprint density at radius 1 is 1.41 bits per heavy atom. The van der Waals surface area contributed by atoms with Gasteiger partial charge in [-0.05, 0) is 38.1 Å². The molecule has 17 heavy (non-hydrogen) atoms. The largest absolute Gasteiger partial charge is 0.458 e. The van der Waals surface area contributed by atoms with Gasteiger partial charge in [-0.25, -0.2) is 0 Å². The van der Waals surface area contributed by atoms with Gasteiger partial charge in [-0.2, -0.15) is 0 Å². The van der Waals surface area contributed by atoms with Gasteiger partial charge in [-0.1, -0.05) is 11.6 Å². The highest BCUT2D eigenvalue weighted by atomic mass is 35.5. The molecule has 2 aromatic rings. The van der Waals surface area contributed by atoms with Crippen LogP contribution in [0.1, 0.15) is 25.7 Å². The maximum Gasteiger partial charge on any atom is 0.137 e. The van der Waals surface area contributed by atoms with Crippen LogP contribution < -0.4 is 0 Å². The van der Waals surface area contributed by atoms with Gasteiger partial charge in [0.05, 0.1) is 6.10 Å². The van der Waals surface area contributed by atoms with E-state index in [1.54, 1.807) is 18.2 Å². The Balaban J connectivity index is 2.29. The summed E-state index contributed by atoms with van der Waals surface area (Å²) in [7, 11) is 0. The third-order valence-electron chi connectivity index (χ3n) is 2.66. The van der Waals surface area contributed by atoms with E-state index < -0.39 is 6.10 Å². The van der Waals surface area contributed by atoms with Crippen molar-refractivity contribution in [1.82, 2.24) is 0 Å². The number of fused-ring (bicyclic) bond motifs is 1. The molecule has 2 rings (SSSR count). The zero-order chi connectivity index (χ0) is 12.4. The molecule has 92 valence electrons. The molecule has 0 fully saturated rings. The van der Waals surface area contributed by atoms with Crippen LogP contribution in [0.2, 0.25) is 5.02 Å². The Kier molecular flexibility index (Phi) is 3.72. The Morgan fingerprint density at radius 2 is 2.18 bits per heavy atom. The smallest absolute Gasteiger partial charge is 0.137 e. The molecule has 0 saturated heterocycles. The van der Waals surface area contributed by atoms with Crippen LogP contribution in [0.25, 0.3) is 11.0 Å². The SMILES string of the molecule is CCOC(C)C(O)c1cc2cc(Cl)ccc2o1. The van der Waals surface area contributed by atoms with Gasteiger partial charge in [0.2, 0.25) is 0 Å². The van der Waals surface area contributed by atoms with Gasteiger partial charge >= 0.3 is 0 Å². The second-order valence-electron chi connectivity index (χ2n) is 3.94. The van der Waals surface area contributed by atoms with E-state index in [9.17, 15) is 5.11 Å². The van der Waals surface area contributed by atoms with Crippen molar-refractivity contribution in [3.63, 3.8) is 0 Å². The molecule has 1 aromatic heterocycles. The van der Waals surface area contributed by atoms with E-state index in [0.29, 0.717) is 23.0 Å². The fourth-order valence-corrected chi connectivity index (χ4v) is 1.95. The minimum Gasteiger partial charge on any atom is -0.458 e. The first-order valence-corrected chi connectivity index (χ1v) is 5.98. The quantitative estimate of drug-likeness (QED) is 0.907. The zero-order valence-electron chi connectivity index (χ0n) is 9.81. The van der Waals surface area contributed by atoms with Gasteiger partial charge in [0.25, 0.3) is 0 Å². The van der Waals surface area contributed by atoms with Crippen molar-refractivity contribution < 1.29 is 14.3 Å². The number of furan rings is 1. The van der Waals surface area contributed by atoms with E-state index in [2.05, 4.69) is 0 Å². The molecule has 0 amide bonds. The predicted octanol–water partition coefficient (Wildman–Crippen LogP) is 3.54. The van der Waals surface area contributed by atoms with Crippen LogP contribution >= 0.6 is 11.6 Å². The minimum atomic E-state index is -0.763. The molecule has 0 aliphatic rings. The summed E-state index contributed by atoms with van der Waals surface area (Å²) in [4.78, 5) is 0. The van der Waals surface area contributed by atoms with E-state index in [0.717, 1.165) is 5.39 Å². The number of halogens is 1. The van der Waals surface area contributed by atoms with Crippen molar-refractivity contribution in [2.45, 2.75) is 26.1 Å². The van der Waals surface area contributed by atoms with Gasteiger partial charge < -0.3 is 14.3 Å². The molecule has 2 unspecified atom stereocenters. The van der Waals surface area contributed by atoms with E-state index >= 15 is 0 Å². The molecule has 1 heterocycles. The number of rotatable bonds is 4. The average molecular weight is 255 g/mol. The van der Waals surface area contributed by atoms with Crippen LogP contribution in [-0.4, -0.2) is 17.8 Å². The van der Waals surface area contributed by atoms with Gasteiger partial charge in [0, 0.05) is 17.0 Å². The van der Waals surface area contributed by atoms with Crippen LogP contribution in [-0.2, 0) is 4.74 Å². The maximum atomic E-state index is 10.0. The van der Waals surface area contributed by atoms with Gasteiger partial charge in [-0.15, -0.1) is 0 Å². The zero-order valence-corrected chi connectivity index (χ0v) is 10.6. The molecule has 0 saturated carbocycles. The number of benzene rings is 1. The molecule has 0 aliphatic heterocycles. The molecular formula is C13H15ClO3. The first kappa shape index (κ1) is 12.4. The van der Waals surface area contributed by atoms with E-state index in [-0.39, 0.29) is 6.10 Å². The third-order valence-corrected chi connectivity index (χ3v) is 2.90. The summed E-state index contributed by atoms with van der Waals surface area (Å²) in [5.41, 5.74) is 0.715. The van der Waals surface area contributed by atoms with Gasteiger partial charge in [0.15, 0.2) is 0 Å². The average Bonchev–Trinajstić information content (AvgIpc) is 2.71. The van der Waals surface area contributed by atoms with Crippen molar-refractivity contribution in [2.75, 3.05) is 6.61 Å². The Hall–Kier alpha value is -1.03. The fourth-order valence-electron chi connectivity index (χ4n) is 1.77. The number of aliphatic hydroxyl groups excluding tert-OH is 1. The predicted molar refractivity (Wildman–Crippen MR) is 67.3 cm³/mol. The summed E-state index contributed by atoms with van der Waals surface area (Å²) in [5.74, 6) is 0.503. The summed E-state index contributed by atoms with van der Waals surface area (Å²) in [6, 6.07) is 7.15. The number of aliphatic hydroxyl groups is 1. The Bertz CT molecular complexity index is 506. The summed E-state index contributed by atoms with van der Waals surface area (Å²) in [6.45, 7) is 4.26. The van der Waals surface area contributed by atoms with E-state index in [1.165, 1.54) is 0 Å². The highest BCUT2D eigenvalue weighted by Gasteiger charge is 2.20. The van der Waals surface area contributed by atoms with Crippen LogP contribution in [0.3, 0.4) is 0 Å². The van der Waals surface area contributed by atoms with E-state index in [4.69, 9.17) is 20.8 Å². The minimum absolute atomic E-state index is 0.295. The monoisotopic (exact) mass is 254 g/mol. The second kappa shape index (κ2) is 5.08. The molecule has 0 radical (unpaired) electrons. The van der Waals surface area contributed by atoms with Crippen molar-refractivity contribution in [2.24, 2.45) is 0 Å². The summed E-state index contributed by atoms with van der Waals surface area (Å²) in [5, 5.41) is 11.6. The fraction of sp³-hybridized carbons (Fsp3) is 0.385. The highest BCUT2D eigenvalue weighted by Crippen LogP contribution is 2.28. The normalized spacial score (nSPS) is 15.1. The molecule has 3 nitrogen and oxygen atoms in total. The van der Waals surface area contributed by atoms with Crippen LogP contribution in [0.15, 0.2) is 28.7 Å². The van der Waals surface area contributed by atoms with Crippen molar-refractivity contribution in [3.8, 4) is 0 Å². The topological polar surface area (TPSA) is 42.6 Å². The maximum absolute atomic E-state index is 10.0. The summed E-state index contributed by atoms with van der Waals surface area (Å²) < 4.78 is 10.9. The molecule has 0 aliphatic carbocycles. The molecular weight excluding hydrogens is 240 g/mol. The lowest BCUT2D eigenvalue weighted by atomic mass is 10.1. The molecule has 2 atom stereocenters. The second-order valence-corrected chi connectivity index (χ2v) is 4.37. The first-order valence-electron chi connectivity index (χ1n) is 5.60. The number of hydrogen-bond donors (Lipinski definition) is 1. The molecule has 0 bridgehead atoms. The standard InChI is InChI=1S/C13H15ClO3/c1-3-16-8(2)13(15)12-7-9-6-10(14)4-5-11(9)17-12/h4-8,13,15H,3H2,1-2H3. The van der Waals surface area contributed by atoms with Crippen LogP contribution in [0, 0.1) is 0 Å². The van der Waals surface area contributed by atoms with Gasteiger partial charge in [-0.3, -0.25) is 0 Å². The van der Waals surface area contributed by atoms with Crippen LogP contribution in [0.4, 0.5) is 0 Å². The Morgan fingerprint density at radius 3 is 2.88 bits per heavy atom. The molecule has 0 spiro atoms. The lowest BCUT2D eigenvalue weighted by Gasteiger charge is -2.16. The molecule has 4 heteroatoms. The highest BCUT2D eigenvalue weighted by molar-refractivity contribution is 6.31. The van der Waals surface area contributed by atoms with Crippen molar-refractivity contribution >= 4 is 22.6 Å². The third kappa shape index (κ3) is 2.63. The van der Waals surface area contributed by atoms with Crippen molar-refractivity contribution in [3.05, 3.63) is 35.0 Å². The lowest BCUT2D eigenvalue weighted by Crippen LogP contribution is -2.17. The number of ether oxygens (including phenoxy) is 1. The Labute approximate surface area is 105 Å².